The number of carbonyl (C=O) groups excluding carboxylic acids is 1. The average molecular weight is 356 g/mol. The highest BCUT2D eigenvalue weighted by atomic mass is 35.5. The van der Waals surface area contributed by atoms with E-state index in [0.717, 1.165) is 11.1 Å². The molecule has 3 N–H and O–H groups in total. The summed E-state index contributed by atoms with van der Waals surface area (Å²) in [6.45, 7) is 2.90. The van der Waals surface area contributed by atoms with Crippen LogP contribution in [0.4, 0.5) is 0 Å². The highest BCUT2D eigenvalue weighted by Gasteiger charge is 2.10. The first-order valence-corrected chi connectivity index (χ1v) is 9.01. The monoisotopic (exact) mass is 355 g/mol. The number of thiophene rings is 1. The summed E-state index contributed by atoms with van der Waals surface area (Å²) in [5.41, 5.74) is 0. The van der Waals surface area contributed by atoms with E-state index in [-0.39, 0.29) is 24.4 Å². The molecule has 1 rings (SSSR count). The molecule has 1 unspecified atom stereocenters. The lowest BCUT2D eigenvalue weighted by Gasteiger charge is -2.10. The summed E-state index contributed by atoms with van der Waals surface area (Å²) in [5, 5.41) is 5.88. The molecule has 0 spiro atoms. The lowest BCUT2D eigenvalue weighted by atomic mass is 10.3. The number of nitrogens with one attached hydrogen (secondary N) is 3. The van der Waals surface area contributed by atoms with Crippen molar-refractivity contribution >= 4 is 39.7 Å². The summed E-state index contributed by atoms with van der Waals surface area (Å²) in [6.07, 6.45) is 1.71. The van der Waals surface area contributed by atoms with Crippen LogP contribution in [0, 0.1) is 0 Å². The van der Waals surface area contributed by atoms with Crippen molar-refractivity contribution in [3.05, 3.63) is 21.9 Å². The van der Waals surface area contributed by atoms with Crippen LogP contribution in [-0.2, 0) is 16.4 Å². The SMILES string of the molecule is CNC(C)CNC(=O)c1ccc(CCNS(C)(=O)=O)s1.Cl. The molecular weight excluding hydrogens is 334 g/mol. The van der Waals surface area contributed by atoms with Crippen LogP contribution in [0.25, 0.3) is 0 Å². The van der Waals surface area contributed by atoms with E-state index in [1.54, 1.807) is 6.07 Å². The van der Waals surface area contributed by atoms with Gasteiger partial charge in [0.25, 0.3) is 5.91 Å². The number of halogens is 1. The van der Waals surface area contributed by atoms with Gasteiger partial charge in [-0.05, 0) is 32.5 Å². The fourth-order valence-corrected chi connectivity index (χ4v) is 2.83. The van der Waals surface area contributed by atoms with E-state index < -0.39 is 10.0 Å². The minimum atomic E-state index is -3.16. The van der Waals surface area contributed by atoms with Crippen LogP contribution in [0.5, 0.6) is 0 Å². The van der Waals surface area contributed by atoms with Gasteiger partial charge in [-0.3, -0.25) is 4.79 Å². The lowest BCUT2D eigenvalue weighted by Crippen LogP contribution is -2.36. The van der Waals surface area contributed by atoms with Crippen LogP contribution in [0.15, 0.2) is 12.1 Å². The van der Waals surface area contributed by atoms with E-state index in [1.807, 2.05) is 20.0 Å². The Labute approximate surface area is 136 Å². The average Bonchev–Trinajstić information content (AvgIpc) is 2.82. The van der Waals surface area contributed by atoms with Gasteiger partial charge in [0.15, 0.2) is 0 Å². The van der Waals surface area contributed by atoms with Crippen LogP contribution >= 0.6 is 23.7 Å². The molecule has 1 atom stereocenters. The maximum Gasteiger partial charge on any atom is 0.261 e. The molecular formula is C12H22ClN3O3S2. The molecule has 0 saturated heterocycles. The second-order valence-corrected chi connectivity index (χ2v) is 7.58. The van der Waals surface area contributed by atoms with E-state index in [9.17, 15) is 13.2 Å². The van der Waals surface area contributed by atoms with Crippen molar-refractivity contribution in [3.63, 3.8) is 0 Å². The van der Waals surface area contributed by atoms with E-state index >= 15 is 0 Å². The summed E-state index contributed by atoms with van der Waals surface area (Å²) in [6, 6.07) is 3.84. The third kappa shape index (κ3) is 8.37. The molecule has 0 bridgehead atoms. The largest absolute Gasteiger partial charge is 0.350 e. The third-order valence-electron chi connectivity index (χ3n) is 2.68. The van der Waals surface area contributed by atoms with Crippen molar-refractivity contribution in [1.82, 2.24) is 15.4 Å². The minimum Gasteiger partial charge on any atom is -0.350 e. The number of likely N-dealkylation sites (N-methyl/N-ethyl adjacent to an activating group) is 1. The minimum absolute atomic E-state index is 0. The van der Waals surface area contributed by atoms with Gasteiger partial charge in [0, 0.05) is 24.0 Å². The number of rotatable bonds is 8. The summed E-state index contributed by atoms with van der Waals surface area (Å²) in [4.78, 5) is 13.5. The molecule has 1 amide bonds. The van der Waals surface area contributed by atoms with Gasteiger partial charge in [-0.15, -0.1) is 23.7 Å². The van der Waals surface area contributed by atoms with Crippen molar-refractivity contribution in [2.45, 2.75) is 19.4 Å². The van der Waals surface area contributed by atoms with Gasteiger partial charge < -0.3 is 10.6 Å². The zero-order valence-corrected chi connectivity index (χ0v) is 14.8. The lowest BCUT2D eigenvalue weighted by molar-refractivity contribution is 0.0954. The van der Waals surface area contributed by atoms with Crippen molar-refractivity contribution in [2.24, 2.45) is 0 Å². The summed E-state index contributed by atoms with van der Waals surface area (Å²) in [7, 11) is -1.31. The van der Waals surface area contributed by atoms with Gasteiger partial charge in [-0.1, -0.05) is 0 Å². The molecule has 9 heteroatoms. The van der Waals surface area contributed by atoms with E-state index in [0.29, 0.717) is 24.4 Å². The topological polar surface area (TPSA) is 87.3 Å². The van der Waals surface area contributed by atoms with Crippen LogP contribution in [-0.4, -0.2) is 46.8 Å². The molecule has 1 aromatic rings. The Kier molecular flexibility index (Phi) is 9.07. The van der Waals surface area contributed by atoms with Crippen molar-refractivity contribution in [3.8, 4) is 0 Å². The van der Waals surface area contributed by atoms with Crippen LogP contribution in [0.3, 0.4) is 0 Å². The zero-order valence-electron chi connectivity index (χ0n) is 12.3. The van der Waals surface area contributed by atoms with E-state index in [1.165, 1.54) is 11.3 Å². The fraction of sp³-hybridized carbons (Fsp3) is 0.583. The van der Waals surface area contributed by atoms with Gasteiger partial charge in [0.05, 0.1) is 11.1 Å². The molecule has 0 aliphatic heterocycles. The molecule has 1 aromatic heterocycles. The molecule has 0 aliphatic rings. The van der Waals surface area contributed by atoms with Gasteiger partial charge in [-0.2, -0.15) is 0 Å². The molecule has 122 valence electrons. The summed E-state index contributed by atoms with van der Waals surface area (Å²) < 4.78 is 24.3. The van der Waals surface area contributed by atoms with Crippen LogP contribution < -0.4 is 15.4 Å². The summed E-state index contributed by atoms with van der Waals surface area (Å²) >= 11 is 1.38. The molecule has 0 radical (unpaired) electrons. The van der Waals surface area contributed by atoms with Crippen molar-refractivity contribution in [1.29, 1.82) is 0 Å². The Morgan fingerprint density at radius 3 is 2.62 bits per heavy atom. The number of hydrogen-bond acceptors (Lipinski definition) is 5. The summed E-state index contributed by atoms with van der Waals surface area (Å²) in [5.74, 6) is -0.0978. The van der Waals surface area contributed by atoms with E-state index in [2.05, 4.69) is 15.4 Å². The first kappa shape index (κ1) is 20.3. The molecule has 1 heterocycles. The second kappa shape index (κ2) is 9.37. The fourth-order valence-electron chi connectivity index (χ4n) is 1.43. The quantitative estimate of drug-likeness (QED) is 0.637. The third-order valence-corrected chi connectivity index (χ3v) is 4.55. The number of sulfonamides is 1. The van der Waals surface area contributed by atoms with Gasteiger partial charge in [0.1, 0.15) is 0 Å². The Morgan fingerprint density at radius 2 is 2.05 bits per heavy atom. The number of hydrogen-bond donors (Lipinski definition) is 3. The first-order chi connectivity index (χ1) is 9.31. The standard InChI is InChI=1S/C12H21N3O3S2.ClH/c1-9(13-2)8-14-12(16)11-5-4-10(19-11)6-7-15-20(3,17)18;/h4-5,9,13,15H,6-8H2,1-3H3,(H,14,16);1H. The number of carbonyl (C=O) groups is 1. The predicted octanol–water partition coefficient (Wildman–Crippen LogP) is 0.599. The van der Waals surface area contributed by atoms with Crippen LogP contribution in [0.1, 0.15) is 21.5 Å². The highest BCUT2D eigenvalue weighted by Crippen LogP contribution is 2.16. The predicted molar refractivity (Wildman–Crippen MR) is 89.0 cm³/mol. The normalized spacial score (nSPS) is 12.5. The van der Waals surface area contributed by atoms with Gasteiger partial charge >= 0.3 is 0 Å². The number of amides is 1. The van der Waals surface area contributed by atoms with Crippen LogP contribution in [0.2, 0.25) is 0 Å². The maximum atomic E-state index is 11.9. The molecule has 0 aliphatic carbocycles. The van der Waals surface area contributed by atoms with Crippen molar-refractivity contribution < 1.29 is 13.2 Å². The molecule has 0 aromatic carbocycles. The molecule has 0 fully saturated rings. The zero-order chi connectivity index (χ0) is 15.2. The molecule has 0 saturated carbocycles. The second-order valence-electron chi connectivity index (χ2n) is 4.58. The highest BCUT2D eigenvalue weighted by molar-refractivity contribution is 7.88. The van der Waals surface area contributed by atoms with E-state index in [4.69, 9.17) is 0 Å². The Balaban J connectivity index is 0.00000400. The van der Waals surface area contributed by atoms with Gasteiger partial charge in [0.2, 0.25) is 10.0 Å². The first-order valence-electron chi connectivity index (χ1n) is 6.30. The smallest absolute Gasteiger partial charge is 0.261 e. The molecule has 6 nitrogen and oxygen atoms in total. The van der Waals surface area contributed by atoms with Crippen molar-refractivity contribution in [2.75, 3.05) is 26.4 Å². The Hall–Kier alpha value is -0.670. The maximum absolute atomic E-state index is 11.9. The molecule has 21 heavy (non-hydrogen) atoms. The Bertz CT molecular complexity index is 546. The Morgan fingerprint density at radius 1 is 1.38 bits per heavy atom. The van der Waals surface area contributed by atoms with Gasteiger partial charge in [-0.25, -0.2) is 13.1 Å².